The Hall–Kier alpha value is -1.62. The molecule has 0 radical (unpaired) electrons. The number of likely N-dealkylation sites (tertiary alicyclic amines) is 1. The van der Waals surface area contributed by atoms with E-state index >= 15 is 0 Å². The van der Waals surface area contributed by atoms with Gasteiger partial charge in [0.1, 0.15) is 6.04 Å². The molecule has 1 aromatic heterocycles. The zero-order chi connectivity index (χ0) is 13.9. The Morgan fingerprint density at radius 1 is 1.15 bits per heavy atom. The largest absolute Gasteiger partial charge is 0.480 e. The smallest absolute Gasteiger partial charge is 0.320 e. The van der Waals surface area contributed by atoms with Gasteiger partial charge in [-0.15, -0.1) is 0 Å². The molecule has 2 aliphatic heterocycles. The van der Waals surface area contributed by atoms with E-state index in [0.29, 0.717) is 6.04 Å². The van der Waals surface area contributed by atoms with Crippen LogP contribution in [0.15, 0.2) is 24.5 Å². The molecule has 1 atom stereocenters. The van der Waals surface area contributed by atoms with Gasteiger partial charge < -0.3 is 10.0 Å². The Morgan fingerprint density at radius 3 is 2.50 bits per heavy atom. The highest BCUT2D eigenvalue weighted by Gasteiger charge is 2.36. The minimum absolute atomic E-state index is 0.257. The van der Waals surface area contributed by atoms with Crippen LogP contribution in [0, 0.1) is 0 Å². The van der Waals surface area contributed by atoms with Crippen molar-refractivity contribution in [3.8, 4) is 0 Å². The fourth-order valence-electron chi connectivity index (χ4n) is 3.50. The highest BCUT2D eigenvalue weighted by molar-refractivity contribution is 5.73. The Morgan fingerprint density at radius 2 is 1.85 bits per heavy atom. The van der Waals surface area contributed by atoms with E-state index in [1.54, 1.807) is 0 Å². The van der Waals surface area contributed by atoms with E-state index in [9.17, 15) is 9.90 Å². The Kier molecular flexibility index (Phi) is 3.87. The first-order valence-electron chi connectivity index (χ1n) is 7.39. The molecule has 5 heteroatoms. The van der Waals surface area contributed by atoms with Crippen molar-refractivity contribution < 1.29 is 9.90 Å². The third kappa shape index (κ3) is 2.63. The van der Waals surface area contributed by atoms with Crippen molar-refractivity contribution >= 4 is 11.7 Å². The van der Waals surface area contributed by atoms with Crippen molar-refractivity contribution in [3.63, 3.8) is 0 Å². The third-order valence-electron chi connectivity index (χ3n) is 4.54. The molecular weight excluding hydrogens is 254 g/mol. The van der Waals surface area contributed by atoms with E-state index in [1.165, 1.54) is 5.69 Å². The summed E-state index contributed by atoms with van der Waals surface area (Å²) in [6.07, 6.45) is 7.56. The number of aliphatic carboxylic acids is 1. The Balaban J connectivity index is 1.60. The zero-order valence-electron chi connectivity index (χ0n) is 11.6. The van der Waals surface area contributed by atoms with Crippen LogP contribution in [0.5, 0.6) is 0 Å². The highest BCUT2D eigenvalue weighted by atomic mass is 16.4. The maximum absolute atomic E-state index is 11.3. The molecule has 3 heterocycles. The van der Waals surface area contributed by atoms with Crippen LogP contribution < -0.4 is 4.90 Å². The second-order valence-corrected chi connectivity index (χ2v) is 5.66. The number of carbonyl (C=O) groups is 1. The van der Waals surface area contributed by atoms with Crippen molar-refractivity contribution in [1.82, 2.24) is 9.88 Å². The van der Waals surface area contributed by atoms with E-state index < -0.39 is 5.97 Å². The zero-order valence-corrected chi connectivity index (χ0v) is 11.6. The van der Waals surface area contributed by atoms with Crippen molar-refractivity contribution in [1.29, 1.82) is 0 Å². The first-order valence-corrected chi connectivity index (χ1v) is 7.39. The van der Waals surface area contributed by atoms with Gasteiger partial charge in [0.05, 0.1) is 0 Å². The number of piperidine rings is 1. The molecule has 0 saturated carbocycles. The van der Waals surface area contributed by atoms with Gasteiger partial charge in [0.15, 0.2) is 0 Å². The number of pyridine rings is 1. The summed E-state index contributed by atoms with van der Waals surface area (Å²) in [6.45, 7) is 2.94. The molecule has 0 amide bonds. The summed E-state index contributed by atoms with van der Waals surface area (Å²) in [4.78, 5) is 19.9. The maximum Gasteiger partial charge on any atom is 0.320 e. The molecule has 0 aliphatic carbocycles. The molecular formula is C15H21N3O2. The van der Waals surface area contributed by atoms with E-state index in [0.717, 1.165) is 45.3 Å². The summed E-state index contributed by atoms with van der Waals surface area (Å²) >= 11 is 0. The normalized spacial score (nSPS) is 25.0. The number of carboxylic acids is 1. The molecule has 1 aromatic rings. The lowest BCUT2D eigenvalue weighted by Crippen LogP contribution is -2.48. The van der Waals surface area contributed by atoms with Gasteiger partial charge in [-0.3, -0.25) is 14.7 Å². The summed E-state index contributed by atoms with van der Waals surface area (Å²) in [6, 6.07) is 4.25. The van der Waals surface area contributed by atoms with Gasteiger partial charge in [0.25, 0.3) is 0 Å². The van der Waals surface area contributed by atoms with Crippen LogP contribution in [0.3, 0.4) is 0 Å². The molecule has 108 valence electrons. The predicted molar refractivity (Wildman–Crippen MR) is 76.8 cm³/mol. The molecule has 2 aliphatic rings. The van der Waals surface area contributed by atoms with Gasteiger partial charge in [-0.2, -0.15) is 0 Å². The number of anilines is 1. The molecule has 2 fully saturated rings. The number of aromatic nitrogens is 1. The fourth-order valence-corrected chi connectivity index (χ4v) is 3.50. The molecule has 1 N–H and O–H groups in total. The second kappa shape index (κ2) is 5.79. The first-order chi connectivity index (χ1) is 9.75. The molecule has 0 aromatic carbocycles. The van der Waals surface area contributed by atoms with Crippen LogP contribution >= 0.6 is 0 Å². The minimum atomic E-state index is -0.654. The maximum atomic E-state index is 11.3. The van der Waals surface area contributed by atoms with Crippen LogP contribution in [0.4, 0.5) is 5.69 Å². The number of rotatable bonds is 3. The third-order valence-corrected chi connectivity index (χ3v) is 4.54. The molecule has 20 heavy (non-hydrogen) atoms. The Labute approximate surface area is 119 Å². The van der Waals surface area contributed by atoms with Crippen LogP contribution in [0.25, 0.3) is 0 Å². The molecule has 5 nitrogen and oxygen atoms in total. The quantitative estimate of drug-likeness (QED) is 0.908. The SMILES string of the molecule is O=C(O)C1CCCN1C1CCN(c2ccncc2)CC1. The van der Waals surface area contributed by atoms with Gasteiger partial charge in [-0.25, -0.2) is 0 Å². The Bertz CT molecular complexity index is 457. The van der Waals surface area contributed by atoms with Crippen molar-refractivity contribution in [2.24, 2.45) is 0 Å². The lowest BCUT2D eigenvalue weighted by Gasteiger charge is -2.39. The summed E-state index contributed by atoms with van der Waals surface area (Å²) in [5, 5.41) is 9.29. The van der Waals surface area contributed by atoms with E-state index in [1.807, 2.05) is 24.5 Å². The summed E-state index contributed by atoms with van der Waals surface area (Å²) < 4.78 is 0. The molecule has 2 saturated heterocycles. The van der Waals surface area contributed by atoms with Crippen molar-refractivity contribution in [2.45, 2.75) is 37.8 Å². The number of hydrogen-bond acceptors (Lipinski definition) is 4. The molecule has 0 bridgehead atoms. The minimum Gasteiger partial charge on any atom is -0.480 e. The second-order valence-electron chi connectivity index (χ2n) is 5.66. The van der Waals surface area contributed by atoms with Gasteiger partial charge >= 0.3 is 5.97 Å². The topological polar surface area (TPSA) is 56.7 Å². The molecule has 0 spiro atoms. The lowest BCUT2D eigenvalue weighted by atomic mass is 10.0. The monoisotopic (exact) mass is 275 g/mol. The van der Waals surface area contributed by atoms with Gasteiger partial charge in [0.2, 0.25) is 0 Å². The van der Waals surface area contributed by atoms with Crippen LogP contribution in [0.1, 0.15) is 25.7 Å². The molecule has 1 unspecified atom stereocenters. The van der Waals surface area contributed by atoms with Crippen molar-refractivity contribution in [2.75, 3.05) is 24.5 Å². The van der Waals surface area contributed by atoms with Gasteiger partial charge in [0, 0.05) is 37.2 Å². The summed E-state index contributed by atoms with van der Waals surface area (Å²) in [7, 11) is 0. The van der Waals surface area contributed by atoms with Gasteiger partial charge in [-0.1, -0.05) is 0 Å². The average Bonchev–Trinajstić information content (AvgIpc) is 2.98. The summed E-state index contributed by atoms with van der Waals surface area (Å²) in [5.41, 5.74) is 1.22. The average molecular weight is 275 g/mol. The first kappa shape index (κ1) is 13.4. The summed E-state index contributed by atoms with van der Waals surface area (Å²) in [5.74, 6) is -0.654. The van der Waals surface area contributed by atoms with Crippen molar-refractivity contribution in [3.05, 3.63) is 24.5 Å². The van der Waals surface area contributed by atoms with Gasteiger partial charge in [-0.05, 0) is 44.4 Å². The van der Waals surface area contributed by atoms with Crippen LogP contribution in [0.2, 0.25) is 0 Å². The highest BCUT2D eigenvalue weighted by Crippen LogP contribution is 2.27. The van der Waals surface area contributed by atoms with Crippen LogP contribution in [-0.4, -0.2) is 52.7 Å². The molecule has 3 rings (SSSR count). The van der Waals surface area contributed by atoms with E-state index in [-0.39, 0.29) is 6.04 Å². The number of nitrogens with zero attached hydrogens (tertiary/aromatic N) is 3. The fraction of sp³-hybridized carbons (Fsp3) is 0.600. The van der Waals surface area contributed by atoms with E-state index in [4.69, 9.17) is 0 Å². The predicted octanol–water partition coefficient (Wildman–Crippen LogP) is 1.60. The van der Waals surface area contributed by atoms with Crippen LogP contribution in [-0.2, 0) is 4.79 Å². The standard InChI is InChI=1S/C15H21N3O2/c19-15(20)14-2-1-9-18(14)13-5-10-17(11-6-13)12-3-7-16-8-4-12/h3-4,7-8,13-14H,1-2,5-6,9-11H2,(H,19,20). The van der Waals surface area contributed by atoms with E-state index in [2.05, 4.69) is 14.8 Å². The number of carboxylic acid groups (broad SMARTS) is 1. The number of hydrogen-bond donors (Lipinski definition) is 1. The lowest BCUT2D eigenvalue weighted by molar-refractivity contribution is -0.143.